The number of carbonyl (C=O) groups excluding carboxylic acids is 1. The first-order chi connectivity index (χ1) is 9.76. The molecule has 2 aromatic rings. The van der Waals surface area contributed by atoms with E-state index in [-0.39, 0.29) is 11.5 Å². The van der Waals surface area contributed by atoms with E-state index in [4.69, 9.17) is 11.6 Å². The Hall–Kier alpha value is -2.01. The SMILES string of the molecule is CC(=O)c1ccc(Cl)c(-c2cccc(OC(F)(F)F)c2)c1. The maximum Gasteiger partial charge on any atom is 0.573 e. The number of Topliss-reactive ketones (excluding diaryl/α,β-unsaturated/α-hetero) is 1. The smallest absolute Gasteiger partial charge is 0.406 e. The van der Waals surface area contributed by atoms with E-state index in [1.165, 1.54) is 37.3 Å². The van der Waals surface area contributed by atoms with E-state index in [0.717, 1.165) is 0 Å². The Bertz CT molecular complexity index is 681. The van der Waals surface area contributed by atoms with Crippen molar-refractivity contribution in [1.82, 2.24) is 0 Å². The third-order valence-corrected chi connectivity index (χ3v) is 3.08. The Morgan fingerprint density at radius 2 is 1.86 bits per heavy atom. The molecule has 21 heavy (non-hydrogen) atoms. The summed E-state index contributed by atoms with van der Waals surface area (Å²) in [4.78, 5) is 11.4. The van der Waals surface area contributed by atoms with Gasteiger partial charge in [0.15, 0.2) is 5.78 Å². The predicted octanol–water partition coefficient (Wildman–Crippen LogP) is 5.11. The van der Waals surface area contributed by atoms with Crippen molar-refractivity contribution in [3.8, 4) is 16.9 Å². The highest BCUT2D eigenvalue weighted by atomic mass is 35.5. The number of halogens is 4. The second-order valence-corrected chi connectivity index (χ2v) is 4.73. The van der Waals surface area contributed by atoms with E-state index in [1.807, 2.05) is 0 Å². The van der Waals surface area contributed by atoms with Crippen molar-refractivity contribution in [2.24, 2.45) is 0 Å². The molecule has 0 radical (unpaired) electrons. The van der Waals surface area contributed by atoms with Gasteiger partial charge >= 0.3 is 6.36 Å². The van der Waals surface area contributed by atoms with E-state index < -0.39 is 6.36 Å². The van der Waals surface area contributed by atoms with Gasteiger partial charge in [0.2, 0.25) is 0 Å². The second kappa shape index (κ2) is 5.77. The van der Waals surface area contributed by atoms with Crippen molar-refractivity contribution in [2.45, 2.75) is 13.3 Å². The summed E-state index contributed by atoms with van der Waals surface area (Å²) in [6.07, 6.45) is -4.76. The minimum absolute atomic E-state index is 0.157. The standard InChI is InChI=1S/C15H10ClF3O2/c1-9(20)10-5-6-14(16)13(8-10)11-3-2-4-12(7-11)21-15(17,18)19/h2-8H,1H3. The number of benzene rings is 2. The Kier molecular flexibility index (Phi) is 4.23. The zero-order valence-electron chi connectivity index (χ0n) is 10.9. The van der Waals surface area contributed by atoms with Crippen molar-refractivity contribution in [3.63, 3.8) is 0 Å². The van der Waals surface area contributed by atoms with Crippen molar-refractivity contribution >= 4 is 17.4 Å². The van der Waals surface area contributed by atoms with Crippen LogP contribution in [0.1, 0.15) is 17.3 Å². The maximum atomic E-state index is 12.2. The first-order valence-corrected chi connectivity index (χ1v) is 6.31. The van der Waals surface area contributed by atoms with E-state index in [1.54, 1.807) is 12.1 Å². The largest absolute Gasteiger partial charge is 0.573 e. The van der Waals surface area contributed by atoms with Gasteiger partial charge in [-0.3, -0.25) is 4.79 Å². The van der Waals surface area contributed by atoms with Crippen LogP contribution in [0, 0.1) is 0 Å². The van der Waals surface area contributed by atoms with Crippen LogP contribution in [0.5, 0.6) is 5.75 Å². The summed E-state index contributed by atoms with van der Waals surface area (Å²) in [5.74, 6) is -0.500. The Labute approximate surface area is 124 Å². The number of carbonyl (C=O) groups is 1. The van der Waals surface area contributed by atoms with Crippen LogP contribution in [0.2, 0.25) is 5.02 Å². The van der Waals surface area contributed by atoms with Gasteiger partial charge in [-0.05, 0) is 42.8 Å². The highest BCUT2D eigenvalue weighted by Gasteiger charge is 2.31. The van der Waals surface area contributed by atoms with Crippen LogP contribution in [0.25, 0.3) is 11.1 Å². The minimum atomic E-state index is -4.76. The quantitative estimate of drug-likeness (QED) is 0.736. The van der Waals surface area contributed by atoms with E-state index in [2.05, 4.69) is 4.74 Å². The molecule has 110 valence electrons. The summed E-state index contributed by atoms with van der Waals surface area (Å²) >= 11 is 6.05. The van der Waals surface area contributed by atoms with Crippen LogP contribution in [0.15, 0.2) is 42.5 Å². The van der Waals surface area contributed by atoms with Crippen LogP contribution < -0.4 is 4.74 Å². The van der Waals surface area contributed by atoms with Crippen molar-refractivity contribution < 1.29 is 22.7 Å². The molecular weight excluding hydrogens is 305 g/mol. The summed E-state index contributed by atoms with van der Waals surface area (Å²) in [5.41, 5.74) is 1.33. The van der Waals surface area contributed by atoms with Crippen molar-refractivity contribution in [3.05, 3.63) is 53.1 Å². The summed E-state index contributed by atoms with van der Waals surface area (Å²) in [7, 11) is 0. The number of rotatable bonds is 3. The molecule has 0 spiro atoms. The van der Waals surface area contributed by atoms with E-state index in [0.29, 0.717) is 21.7 Å². The van der Waals surface area contributed by atoms with Crippen LogP contribution >= 0.6 is 11.6 Å². The molecule has 2 nitrogen and oxygen atoms in total. The van der Waals surface area contributed by atoms with Crippen LogP contribution in [0.4, 0.5) is 13.2 Å². The van der Waals surface area contributed by atoms with Gasteiger partial charge in [0.1, 0.15) is 5.75 Å². The van der Waals surface area contributed by atoms with Crippen LogP contribution in [0.3, 0.4) is 0 Å². The van der Waals surface area contributed by atoms with Crippen molar-refractivity contribution in [1.29, 1.82) is 0 Å². The molecule has 6 heteroatoms. The lowest BCUT2D eigenvalue weighted by Gasteiger charge is -2.11. The zero-order valence-corrected chi connectivity index (χ0v) is 11.6. The molecule has 0 aliphatic carbocycles. The zero-order chi connectivity index (χ0) is 15.6. The fourth-order valence-corrected chi connectivity index (χ4v) is 2.05. The number of hydrogen-bond donors (Lipinski definition) is 0. The van der Waals surface area contributed by atoms with Gasteiger partial charge in [0.05, 0.1) is 0 Å². The van der Waals surface area contributed by atoms with Gasteiger partial charge in [-0.1, -0.05) is 23.7 Å². The highest BCUT2D eigenvalue weighted by molar-refractivity contribution is 6.33. The molecule has 2 aromatic carbocycles. The van der Waals surface area contributed by atoms with Gasteiger partial charge < -0.3 is 4.74 Å². The molecule has 0 heterocycles. The average molecular weight is 315 g/mol. The summed E-state index contributed by atoms with van der Waals surface area (Å²) in [6, 6.07) is 10.1. The van der Waals surface area contributed by atoms with Gasteiger partial charge in [0.25, 0.3) is 0 Å². The lowest BCUT2D eigenvalue weighted by molar-refractivity contribution is -0.274. The van der Waals surface area contributed by atoms with Crippen molar-refractivity contribution in [2.75, 3.05) is 0 Å². The number of hydrogen-bond acceptors (Lipinski definition) is 2. The summed E-state index contributed by atoms with van der Waals surface area (Å²) < 4.78 is 40.6. The lowest BCUT2D eigenvalue weighted by Crippen LogP contribution is -2.17. The fourth-order valence-electron chi connectivity index (χ4n) is 1.83. The summed E-state index contributed by atoms with van der Waals surface area (Å²) in [6.45, 7) is 1.40. The molecule has 0 saturated carbocycles. The summed E-state index contributed by atoms with van der Waals surface area (Å²) in [5, 5.41) is 0.337. The third-order valence-electron chi connectivity index (χ3n) is 2.75. The second-order valence-electron chi connectivity index (χ2n) is 4.33. The third kappa shape index (κ3) is 3.98. The van der Waals surface area contributed by atoms with Gasteiger partial charge in [0, 0.05) is 16.1 Å². The topological polar surface area (TPSA) is 26.3 Å². The lowest BCUT2D eigenvalue weighted by atomic mass is 10.0. The Morgan fingerprint density at radius 1 is 1.14 bits per heavy atom. The molecule has 0 amide bonds. The van der Waals surface area contributed by atoms with E-state index in [9.17, 15) is 18.0 Å². The normalized spacial score (nSPS) is 11.3. The van der Waals surface area contributed by atoms with Gasteiger partial charge in [-0.15, -0.1) is 13.2 Å². The monoisotopic (exact) mass is 314 g/mol. The maximum absolute atomic E-state index is 12.2. The van der Waals surface area contributed by atoms with Crippen LogP contribution in [-0.2, 0) is 0 Å². The fraction of sp³-hybridized carbons (Fsp3) is 0.133. The average Bonchev–Trinajstić information content (AvgIpc) is 2.37. The molecule has 0 fully saturated rings. The number of alkyl halides is 3. The first-order valence-electron chi connectivity index (χ1n) is 5.93. The number of ether oxygens (including phenoxy) is 1. The van der Waals surface area contributed by atoms with E-state index >= 15 is 0 Å². The number of ketones is 1. The Morgan fingerprint density at radius 3 is 2.48 bits per heavy atom. The molecule has 0 N–H and O–H groups in total. The molecule has 0 saturated heterocycles. The molecule has 0 unspecified atom stereocenters. The molecule has 0 aliphatic heterocycles. The molecule has 0 aromatic heterocycles. The Balaban J connectivity index is 2.45. The predicted molar refractivity (Wildman–Crippen MR) is 73.6 cm³/mol. The highest BCUT2D eigenvalue weighted by Crippen LogP contribution is 2.32. The molecular formula is C15H10ClF3O2. The molecule has 0 atom stereocenters. The van der Waals surface area contributed by atoms with Gasteiger partial charge in [-0.25, -0.2) is 0 Å². The van der Waals surface area contributed by atoms with Crippen LogP contribution in [-0.4, -0.2) is 12.1 Å². The molecule has 0 aliphatic rings. The minimum Gasteiger partial charge on any atom is -0.406 e. The van der Waals surface area contributed by atoms with Gasteiger partial charge in [-0.2, -0.15) is 0 Å². The molecule has 2 rings (SSSR count). The molecule has 0 bridgehead atoms. The first kappa shape index (κ1) is 15.4.